The molecule has 1 heterocycles. The van der Waals surface area contributed by atoms with Gasteiger partial charge in [-0.2, -0.15) is 0 Å². The summed E-state index contributed by atoms with van der Waals surface area (Å²) in [6, 6.07) is 16.3. The first-order chi connectivity index (χ1) is 14.4. The third-order valence-corrected chi connectivity index (χ3v) is 4.68. The molecule has 0 aromatic heterocycles. The number of carbonyl (C=O) groups excluding carboxylic acids is 2. The number of hydrogen-bond acceptors (Lipinski definition) is 3. The lowest BCUT2D eigenvalue weighted by atomic mass is 10.0. The average Bonchev–Trinajstić information content (AvgIpc) is 2.95. The SMILES string of the molecule is O=C1C(Nc2cccc(F)c2)=C(c2ccc(F)cc2)C(=O)N1Cc1ccccc1F. The van der Waals surface area contributed by atoms with Crippen LogP contribution in [0.4, 0.5) is 18.9 Å². The number of amides is 2. The highest BCUT2D eigenvalue weighted by molar-refractivity contribution is 6.36. The first-order valence-corrected chi connectivity index (χ1v) is 9.06. The van der Waals surface area contributed by atoms with Crippen LogP contribution in [0.1, 0.15) is 11.1 Å². The Bertz CT molecular complexity index is 1170. The summed E-state index contributed by atoms with van der Waals surface area (Å²) in [6.45, 7) is -0.274. The molecule has 0 bridgehead atoms. The molecular formula is C23H15F3N2O2. The van der Waals surface area contributed by atoms with Crippen LogP contribution in [0.15, 0.2) is 78.5 Å². The predicted molar refractivity (Wildman–Crippen MR) is 105 cm³/mol. The van der Waals surface area contributed by atoms with Gasteiger partial charge >= 0.3 is 0 Å². The lowest BCUT2D eigenvalue weighted by molar-refractivity contribution is -0.137. The number of rotatable bonds is 5. The van der Waals surface area contributed by atoms with E-state index in [9.17, 15) is 22.8 Å². The minimum absolute atomic E-state index is 0.000556. The van der Waals surface area contributed by atoms with Crippen LogP contribution in [-0.2, 0) is 16.1 Å². The first kappa shape index (κ1) is 19.4. The van der Waals surface area contributed by atoms with Crippen molar-refractivity contribution in [1.82, 2.24) is 4.90 Å². The summed E-state index contributed by atoms with van der Waals surface area (Å²) in [7, 11) is 0. The van der Waals surface area contributed by atoms with Gasteiger partial charge in [-0.05, 0) is 42.0 Å². The Morgan fingerprint density at radius 2 is 1.50 bits per heavy atom. The first-order valence-electron chi connectivity index (χ1n) is 9.06. The van der Waals surface area contributed by atoms with Gasteiger partial charge in [-0.3, -0.25) is 14.5 Å². The summed E-state index contributed by atoms with van der Waals surface area (Å²) in [5, 5.41) is 2.80. The zero-order valence-electron chi connectivity index (χ0n) is 15.5. The Balaban J connectivity index is 1.76. The van der Waals surface area contributed by atoms with Crippen LogP contribution in [0.2, 0.25) is 0 Å². The van der Waals surface area contributed by atoms with E-state index in [0.717, 1.165) is 4.90 Å². The predicted octanol–water partition coefficient (Wildman–Crippen LogP) is 4.50. The van der Waals surface area contributed by atoms with Crippen LogP contribution < -0.4 is 5.32 Å². The molecule has 0 spiro atoms. The molecule has 4 rings (SSSR count). The quantitative estimate of drug-likeness (QED) is 0.633. The van der Waals surface area contributed by atoms with Gasteiger partial charge in [0.2, 0.25) is 0 Å². The van der Waals surface area contributed by atoms with E-state index in [1.807, 2.05) is 0 Å². The van der Waals surface area contributed by atoms with E-state index in [-0.39, 0.29) is 29.1 Å². The molecule has 1 aliphatic rings. The van der Waals surface area contributed by atoms with E-state index in [4.69, 9.17) is 0 Å². The van der Waals surface area contributed by atoms with Gasteiger partial charge in [0.05, 0.1) is 12.1 Å². The van der Waals surface area contributed by atoms with Crippen LogP contribution in [0.5, 0.6) is 0 Å². The molecule has 2 amide bonds. The molecule has 0 saturated heterocycles. The monoisotopic (exact) mass is 408 g/mol. The Morgan fingerprint density at radius 3 is 2.20 bits per heavy atom. The highest BCUT2D eigenvalue weighted by Gasteiger charge is 2.39. The maximum atomic E-state index is 14.1. The number of halogens is 3. The molecule has 0 radical (unpaired) electrons. The number of nitrogens with one attached hydrogen (secondary N) is 1. The molecule has 0 aliphatic carbocycles. The largest absolute Gasteiger partial charge is 0.350 e. The normalized spacial score (nSPS) is 13.9. The smallest absolute Gasteiger partial charge is 0.278 e. The molecule has 30 heavy (non-hydrogen) atoms. The van der Waals surface area contributed by atoms with E-state index in [1.165, 1.54) is 66.7 Å². The van der Waals surface area contributed by atoms with Crippen molar-refractivity contribution < 1.29 is 22.8 Å². The van der Waals surface area contributed by atoms with Gasteiger partial charge in [-0.15, -0.1) is 0 Å². The molecule has 0 unspecified atom stereocenters. The van der Waals surface area contributed by atoms with Gasteiger partial charge in [-0.25, -0.2) is 13.2 Å². The summed E-state index contributed by atoms with van der Waals surface area (Å²) in [5.74, 6) is -2.92. The highest BCUT2D eigenvalue weighted by Crippen LogP contribution is 2.32. The van der Waals surface area contributed by atoms with Gasteiger partial charge in [0.25, 0.3) is 11.8 Å². The number of hydrogen-bond donors (Lipinski definition) is 1. The van der Waals surface area contributed by atoms with Crippen molar-refractivity contribution in [2.24, 2.45) is 0 Å². The standard InChI is InChI=1S/C23H15F3N2O2/c24-16-10-8-14(9-11-16)20-21(27-18-6-3-5-17(25)12-18)23(30)28(22(20)29)13-15-4-1-2-7-19(15)26/h1-12,27H,13H2. The lowest BCUT2D eigenvalue weighted by Crippen LogP contribution is -2.32. The molecule has 0 fully saturated rings. The summed E-state index contributed by atoms with van der Waals surface area (Å²) < 4.78 is 41.0. The summed E-state index contributed by atoms with van der Waals surface area (Å²) in [4.78, 5) is 27.1. The van der Waals surface area contributed by atoms with E-state index in [2.05, 4.69) is 5.32 Å². The van der Waals surface area contributed by atoms with Crippen molar-refractivity contribution >= 4 is 23.1 Å². The van der Waals surface area contributed by atoms with Gasteiger partial charge < -0.3 is 5.32 Å². The zero-order valence-corrected chi connectivity index (χ0v) is 15.5. The van der Waals surface area contributed by atoms with E-state index >= 15 is 0 Å². The molecule has 3 aromatic carbocycles. The van der Waals surface area contributed by atoms with Crippen LogP contribution >= 0.6 is 0 Å². The van der Waals surface area contributed by atoms with Crippen molar-refractivity contribution in [3.05, 3.63) is 107 Å². The summed E-state index contributed by atoms with van der Waals surface area (Å²) in [5.41, 5.74) is 0.655. The molecule has 7 heteroatoms. The second-order valence-corrected chi connectivity index (χ2v) is 6.68. The Morgan fingerprint density at radius 1 is 0.767 bits per heavy atom. The van der Waals surface area contributed by atoms with Gasteiger partial charge in [-0.1, -0.05) is 36.4 Å². The van der Waals surface area contributed by atoms with Crippen molar-refractivity contribution in [2.75, 3.05) is 5.32 Å². The molecule has 0 saturated carbocycles. The summed E-state index contributed by atoms with van der Waals surface area (Å²) in [6.07, 6.45) is 0. The lowest BCUT2D eigenvalue weighted by Gasteiger charge is -2.16. The number of anilines is 1. The number of imide groups is 1. The maximum absolute atomic E-state index is 14.1. The average molecular weight is 408 g/mol. The second kappa shape index (κ2) is 7.87. The Kier molecular flexibility index (Phi) is 5.10. The van der Waals surface area contributed by atoms with E-state index in [1.54, 1.807) is 6.07 Å². The second-order valence-electron chi connectivity index (χ2n) is 6.68. The fourth-order valence-corrected chi connectivity index (χ4v) is 3.23. The fourth-order valence-electron chi connectivity index (χ4n) is 3.23. The number of benzene rings is 3. The number of nitrogens with zero attached hydrogens (tertiary/aromatic N) is 1. The van der Waals surface area contributed by atoms with Gasteiger partial charge in [0.15, 0.2) is 0 Å². The topological polar surface area (TPSA) is 49.4 Å². The van der Waals surface area contributed by atoms with Crippen molar-refractivity contribution in [3.63, 3.8) is 0 Å². The minimum Gasteiger partial charge on any atom is -0.350 e. The van der Waals surface area contributed by atoms with Crippen LogP contribution in [0.25, 0.3) is 5.57 Å². The highest BCUT2D eigenvalue weighted by atomic mass is 19.1. The van der Waals surface area contributed by atoms with Gasteiger partial charge in [0.1, 0.15) is 23.1 Å². The van der Waals surface area contributed by atoms with Crippen LogP contribution in [-0.4, -0.2) is 16.7 Å². The fraction of sp³-hybridized carbons (Fsp3) is 0.0435. The van der Waals surface area contributed by atoms with Gasteiger partial charge in [0, 0.05) is 11.3 Å². The minimum atomic E-state index is -0.688. The molecule has 0 atom stereocenters. The molecule has 4 nitrogen and oxygen atoms in total. The van der Waals surface area contributed by atoms with Crippen molar-refractivity contribution in [2.45, 2.75) is 6.54 Å². The third kappa shape index (κ3) is 3.69. The van der Waals surface area contributed by atoms with Crippen LogP contribution in [0, 0.1) is 17.5 Å². The number of carbonyl (C=O) groups is 2. The van der Waals surface area contributed by atoms with Crippen LogP contribution in [0.3, 0.4) is 0 Å². The van der Waals surface area contributed by atoms with E-state index in [0.29, 0.717) is 5.56 Å². The third-order valence-electron chi connectivity index (χ3n) is 4.68. The molecule has 1 N–H and O–H groups in total. The molecule has 3 aromatic rings. The van der Waals surface area contributed by atoms with E-state index < -0.39 is 29.3 Å². The molecule has 150 valence electrons. The molecule has 1 aliphatic heterocycles. The Labute approximate surface area is 170 Å². The molecular weight excluding hydrogens is 393 g/mol. The van der Waals surface area contributed by atoms with Crippen molar-refractivity contribution in [3.8, 4) is 0 Å². The zero-order chi connectivity index (χ0) is 21.3. The van der Waals surface area contributed by atoms with Crippen molar-refractivity contribution in [1.29, 1.82) is 0 Å². The Hall–Kier alpha value is -3.87. The maximum Gasteiger partial charge on any atom is 0.278 e. The summed E-state index contributed by atoms with van der Waals surface area (Å²) >= 11 is 0.